The van der Waals surface area contributed by atoms with Gasteiger partial charge in [-0.05, 0) is 30.2 Å². The number of ether oxygens (including phenoxy) is 2. The van der Waals surface area contributed by atoms with Crippen molar-refractivity contribution in [2.24, 2.45) is 0 Å². The fourth-order valence-electron chi connectivity index (χ4n) is 2.10. The number of aromatic hydroxyl groups is 1. The molecule has 1 unspecified atom stereocenters. The number of methoxy groups -OCH3 is 1. The van der Waals surface area contributed by atoms with Gasteiger partial charge in [0.1, 0.15) is 0 Å². The molecule has 5 heteroatoms. The number of hydrogen-bond donors (Lipinski definition) is 1. The van der Waals surface area contributed by atoms with Gasteiger partial charge in [0.2, 0.25) is 0 Å². The molecule has 1 N–H and O–H groups in total. The summed E-state index contributed by atoms with van der Waals surface area (Å²) in [6, 6.07) is 13.6. The molecule has 0 aliphatic carbocycles. The summed E-state index contributed by atoms with van der Waals surface area (Å²) in [5.74, 6) is -1.64. The zero-order valence-corrected chi connectivity index (χ0v) is 13.0. The second-order valence-corrected chi connectivity index (χ2v) is 5.11. The molecule has 2 rings (SSSR count). The molecule has 0 fully saturated rings. The maximum absolute atomic E-state index is 12.1. The van der Waals surface area contributed by atoms with E-state index in [0.717, 1.165) is 5.56 Å². The van der Waals surface area contributed by atoms with Gasteiger partial charge in [-0.3, -0.25) is 9.59 Å². The molecule has 0 saturated heterocycles. The van der Waals surface area contributed by atoms with E-state index in [4.69, 9.17) is 9.47 Å². The Labute approximate surface area is 134 Å². The molecule has 0 radical (unpaired) electrons. The monoisotopic (exact) mass is 314 g/mol. The van der Waals surface area contributed by atoms with Crippen LogP contribution in [0.5, 0.6) is 11.5 Å². The van der Waals surface area contributed by atoms with Gasteiger partial charge in [-0.2, -0.15) is 0 Å². The lowest BCUT2D eigenvalue weighted by Gasteiger charge is -2.12. The largest absolute Gasteiger partial charge is 0.504 e. The quantitative estimate of drug-likeness (QED) is 0.678. The lowest BCUT2D eigenvalue weighted by molar-refractivity contribution is -0.160. The van der Waals surface area contributed by atoms with E-state index in [9.17, 15) is 14.7 Å². The summed E-state index contributed by atoms with van der Waals surface area (Å²) in [4.78, 5) is 23.9. The summed E-state index contributed by atoms with van der Waals surface area (Å²) in [5.41, 5.74) is 1.38. The second kappa shape index (κ2) is 7.45. The zero-order valence-electron chi connectivity index (χ0n) is 13.0. The molecule has 0 amide bonds. The second-order valence-electron chi connectivity index (χ2n) is 5.11. The Morgan fingerprint density at radius 1 is 1.13 bits per heavy atom. The fourth-order valence-corrected chi connectivity index (χ4v) is 2.10. The van der Waals surface area contributed by atoms with E-state index in [2.05, 4.69) is 0 Å². The van der Waals surface area contributed by atoms with E-state index in [1.165, 1.54) is 13.2 Å². The average molecular weight is 314 g/mol. The molecule has 0 heterocycles. The number of esters is 2. The van der Waals surface area contributed by atoms with Crippen LogP contribution in [0.1, 0.15) is 24.0 Å². The van der Waals surface area contributed by atoms with Crippen molar-refractivity contribution in [1.82, 2.24) is 0 Å². The Balaban J connectivity index is 2.01. The molecule has 0 aromatic heterocycles. The van der Waals surface area contributed by atoms with Crippen LogP contribution in [0.2, 0.25) is 0 Å². The van der Waals surface area contributed by atoms with Crippen molar-refractivity contribution < 1.29 is 24.2 Å². The lowest BCUT2D eigenvalue weighted by Crippen LogP contribution is -2.19. The van der Waals surface area contributed by atoms with Crippen LogP contribution >= 0.6 is 0 Å². The summed E-state index contributed by atoms with van der Waals surface area (Å²) in [6.45, 7) is 1.63. The maximum atomic E-state index is 12.1. The summed E-state index contributed by atoms with van der Waals surface area (Å²) in [7, 11) is 1.42. The summed E-state index contributed by atoms with van der Waals surface area (Å²) in [5, 5.41) is 9.57. The highest BCUT2D eigenvalue weighted by Gasteiger charge is 2.21. The van der Waals surface area contributed by atoms with Gasteiger partial charge in [0, 0.05) is 0 Å². The van der Waals surface area contributed by atoms with Crippen LogP contribution in [-0.4, -0.2) is 24.2 Å². The van der Waals surface area contributed by atoms with Gasteiger partial charge in [-0.15, -0.1) is 0 Å². The van der Waals surface area contributed by atoms with Crippen molar-refractivity contribution in [2.75, 3.05) is 7.11 Å². The number of rotatable bonds is 5. The van der Waals surface area contributed by atoms with Crippen LogP contribution in [0.15, 0.2) is 48.5 Å². The predicted molar refractivity (Wildman–Crippen MR) is 84.3 cm³/mol. The highest BCUT2D eigenvalue weighted by atomic mass is 16.6. The number of hydrogen-bond acceptors (Lipinski definition) is 5. The summed E-state index contributed by atoms with van der Waals surface area (Å²) >= 11 is 0. The first-order valence-electron chi connectivity index (χ1n) is 7.16. The Kier molecular flexibility index (Phi) is 5.36. The Hall–Kier alpha value is -2.82. The molecule has 1 atom stereocenters. The van der Waals surface area contributed by atoms with Crippen LogP contribution in [0, 0.1) is 0 Å². The van der Waals surface area contributed by atoms with Gasteiger partial charge in [-0.1, -0.05) is 36.4 Å². The van der Waals surface area contributed by atoms with E-state index in [-0.39, 0.29) is 17.9 Å². The summed E-state index contributed by atoms with van der Waals surface area (Å²) in [6.07, 6.45) is 0.0399. The topological polar surface area (TPSA) is 72.8 Å². The van der Waals surface area contributed by atoms with E-state index >= 15 is 0 Å². The highest BCUT2D eigenvalue weighted by molar-refractivity contribution is 5.90. The molecule has 0 bridgehead atoms. The molecule has 0 aliphatic heterocycles. The molecule has 0 saturated carbocycles. The van der Waals surface area contributed by atoms with Gasteiger partial charge in [0.25, 0.3) is 0 Å². The number of carbonyl (C=O) groups excluding carboxylic acids is 2. The third-order valence-electron chi connectivity index (χ3n) is 3.46. The van der Waals surface area contributed by atoms with Gasteiger partial charge < -0.3 is 14.6 Å². The molecule has 0 spiro atoms. The first-order chi connectivity index (χ1) is 11.0. The molecule has 0 aliphatic rings. The van der Waals surface area contributed by atoms with Crippen LogP contribution in [0.4, 0.5) is 0 Å². The number of phenolic OH excluding ortho intramolecular Hbond substituents is 1. The van der Waals surface area contributed by atoms with Gasteiger partial charge >= 0.3 is 11.9 Å². The molecule has 2 aromatic carbocycles. The Bertz CT molecular complexity index is 694. The van der Waals surface area contributed by atoms with Gasteiger partial charge in [0.05, 0.1) is 19.4 Å². The Morgan fingerprint density at radius 2 is 1.83 bits per heavy atom. The first kappa shape index (κ1) is 16.5. The Morgan fingerprint density at radius 3 is 2.48 bits per heavy atom. The van der Waals surface area contributed by atoms with Crippen molar-refractivity contribution in [3.8, 4) is 11.5 Å². The average Bonchev–Trinajstić information content (AvgIpc) is 2.55. The van der Waals surface area contributed by atoms with Crippen molar-refractivity contribution in [3.05, 3.63) is 59.7 Å². The summed E-state index contributed by atoms with van der Waals surface area (Å²) < 4.78 is 9.90. The van der Waals surface area contributed by atoms with E-state index in [0.29, 0.717) is 5.56 Å². The standard InChI is InChI=1S/C18H18O5/c1-12(14-8-9-15(19)16(11-14)22-2)18(21)23-17(20)10-13-6-4-3-5-7-13/h3-9,11-12,19H,10H2,1-2H3. The van der Waals surface area contributed by atoms with Gasteiger partial charge in [0.15, 0.2) is 11.5 Å². The van der Waals surface area contributed by atoms with Crippen molar-refractivity contribution in [1.29, 1.82) is 0 Å². The third kappa shape index (κ3) is 4.32. The van der Waals surface area contributed by atoms with Crippen molar-refractivity contribution in [2.45, 2.75) is 19.3 Å². The molecule has 23 heavy (non-hydrogen) atoms. The highest BCUT2D eigenvalue weighted by Crippen LogP contribution is 2.30. The van der Waals surface area contributed by atoms with Gasteiger partial charge in [-0.25, -0.2) is 0 Å². The SMILES string of the molecule is COc1cc(C(C)C(=O)OC(=O)Cc2ccccc2)ccc1O. The van der Waals surface area contributed by atoms with Crippen LogP contribution in [-0.2, 0) is 20.7 Å². The first-order valence-corrected chi connectivity index (χ1v) is 7.16. The number of carbonyl (C=O) groups is 2. The minimum atomic E-state index is -0.649. The number of phenols is 1. The minimum absolute atomic E-state index is 0.0167. The predicted octanol–water partition coefficient (Wildman–Crippen LogP) is 2.82. The zero-order chi connectivity index (χ0) is 16.8. The normalized spacial score (nSPS) is 11.6. The maximum Gasteiger partial charge on any atom is 0.320 e. The molecule has 2 aromatic rings. The van der Waals surface area contributed by atoms with E-state index in [1.807, 2.05) is 18.2 Å². The number of benzene rings is 2. The van der Waals surface area contributed by atoms with Crippen molar-refractivity contribution in [3.63, 3.8) is 0 Å². The van der Waals surface area contributed by atoms with Crippen molar-refractivity contribution >= 4 is 11.9 Å². The van der Waals surface area contributed by atoms with E-state index < -0.39 is 17.9 Å². The van der Waals surface area contributed by atoms with Crippen LogP contribution < -0.4 is 4.74 Å². The smallest absolute Gasteiger partial charge is 0.320 e. The van der Waals surface area contributed by atoms with Crippen LogP contribution in [0.3, 0.4) is 0 Å². The minimum Gasteiger partial charge on any atom is -0.504 e. The lowest BCUT2D eigenvalue weighted by atomic mass is 10.0. The molecule has 120 valence electrons. The molecule has 5 nitrogen and oxygen atoms in total. The van der Waals surface area contributed by atoms with Crippen LogP contribution in [0.25, 0.3) is 0 Å². The fraction of sp³-hybridized carbons (Fsp3) is 0.222. The van der Waals surface area contributed by atoms with E-state index in [1.54, 1.807) is 31.2 Å². The molecular formula is C18H18O5. The third-order valence-corrected chi connectivity index (χ3v) is 3.46. The molecular weight excluding hydrogens is 296 g/mol.